The fourth-order valence-electron chi connectivity index (χ4n) is 1.87. The summed E-state index contributed by atoms with van der Waals surface area (Å²) in [7, 11) is 0. The smallest absolute Gasteiger partial charge is 0.243 e. The molecule has 0 heterocycles. The molecule has 0 saturated heterocycles. The van der Waals surface area contributed by atoms with Crippen LogP contribution in [0.1, 0.15) is 13.3 Å². The fourth-order valence-corrected chi connectivity index (χ4v) is 1.87. The van der Waals surface area contributed by atoms with Crippen molar-refractivity contribution in [3.8, 4) is 0 Å². The van der Waals surface area contributed by atoms with Gasteiger partial charge in [0.2, 0.25) is 11.8 Å². The SMILES string of the molecule is CCC(=O)Nc1cccc(NCC(=O)Nc2ccccc2)c1. The summed E-state index contributed by atoms with van der Waals surface area (Å²) in [4.78, 5) is 23.2. The Kier molecular flexibility index (Phi) is 5.54. The highest BCUT2D eigenvalue weighted by Gasteiger charge is 2.03. The summed E-state index contributed by atoms with van der Waals surface area (Å²) >= 11 is 0. The minimum absolute atomic E-state index is 0.0426. The van der Waals surface area contributed by atoms with Crippen molar-refractivity contribution in [2.75, 3.05) is 22.5 Å². The second kappa shape index (κ2) is 7.83. The van der Waals surface area contributed by atoms with E-state index >= 15 is 0 Å². The highest BCUT2D eigenvalue weighted by Crippen LogP contribution is 2.15. The first-order valence-corrected chi connectivity index (χ1v) is 7.16. The zero-order valence-electron chi connectivity index (χ0n) is 12.4. The van der Waals surface area contributed by atoms with E-state index in [4.69, 9.17) is 0 Å². The van der Waals surface area contributed by atoms with Gasteiger partial charge in [0.15, 0.2) is 0 Å². The lowest BCUT2D eigenvalue weighted by atomic mass is 10.2. The molecule has 0 unspecified atom stereocenters. The lowest BCUT2D eigenvalue weighted by Gasteiger charge is -2.09. The Bertz CT molecular complexity index is 641. The van der Waals surface area contributed by atoms with Gasteiger partial charge in [0.1, 0.15) is 0 Å². The van der Waals surface area contributed by atoms with Gasteiger partial charge in [-0.25, -0.2) is 0 Å². The van der Waals surface area contributed by atoms with Crippen LogP contribution in [0.15, 0.2) is 54.6 Å². The Labute approximate surface area is 129 Å². The summed E-state index contributed by atoms with van der Waals surface area (Å²) in [6, 6.07) is 16.6. The van der Waals surface area contributed by atoms with Gasteiger partial charge in [-0.15, -0.1) is 0 Å². The quantitative estimate of drug-likeness (QED) is 0.767. The third-order valence-electron chi connectivity index (χ3n) is 2.98. The van der Waals surface area contributed by atoms with Crippen molar-refractivity contribution in [3.63, 3.8) is 0 Å². The predicted molar refractivity (Wildman–Crippen MR) is 88.9 cm³/mol. The molecule has 0 aliphatic heterocycles. The predicted octanol–water partition coefficient (Wildman–Crippen LogP) is 3.09. The molecular formula is C17H19N3O2. The van der Waals surface area contributed by atoms with Gasteiger partial charge < -0.3 is 16.0 Å². The van der Waals surface area contributed by atoms with Crippen molar-refractivity contribution < 1.29 is 9.59 Å². The van der Waals surface area contributed by atoms with Gasteiger partial charge in [0.25, 0.3) is 0 Å². The Hall–Kier alpha value is -2.82. The van der Waals surface area contributed by atoms with Gasteiger partial charge in [0, 0.05) is 23.5 Å². The Balaban J connectivity index is 1.87. The number of rotatable bonds is 6. The molecule has 22 heavy (non-hydrogen) atoms. The monoisotopic (exact) mass is 297 g/mol. The van der Waals surface area contributed by atoms with Crippen LogP contribution in [0, 0.1) is 0 Å². The van der Waals surface area contributed by atoms with Crippen LogP contribution in [-0.4, -0.2) is 18.4 Å². The summed E-state index contributed by atoms with van der Waals surface area (Å²) in [5.41, 5.74) is 2.25. The van der Waals surface area contributed by atoms with Gasteiger partial charge in [-0.05, 0) is 30.3 Å². The zero-order valence-corrected chi connectivity index (χ0v) is 12.4. The molecule has 0 aromatic heterocycles. The highest BCUT2D eigenvalue weighted by molar-refractivity contribution is 5.94. The second-order valence-corrected chi connectivity index (χ2v) is 4.75. The summed E-state index contributed by atoms with van der Waals surface area (Å²) in [5, 5.41) is 8.61. The number of carbonyl (C=O) groups is 2. The van der Waals surface area contributed by atoms with Crippen LogP contribution in [0.3, 0.4) is 0 Å². The Morgan fingerprint density at radius 2 is 1.45 bits per heavy atom. The topological polar surface area (TPSA) is 70.2 Å². The van der Waals surface area contributed by atoms with Crippen LogP contribution in [0.25, 0.3) is 0 Å². The number of hydrogen-bond donors (Lipinski definition) is 3. The van der Waals surface area contributed by atoms with Crippen molar-refractivity contribution in [3.05, 3.63) is 54.6 Å². The maximum atomic E-state index is 11.9. The number of carbonyl (C=O) groups excluding carboxylic acids is 2. The van der Waals surface area contributed by atoms with Crippen molar-refractivity contribution in [2.45, 2.75) is 13.3 Å². The summed E-state index contributed by atoms with van der Waals surface area (Å²) in [6.45, 7) is 1.95. The van der Waals surface area contributed by atoms with Crippen LogP contribution in [0.4, 0.5) is 17.1 Å². The minimum atomic E-state index is -0.130. The maximum Gasteiger partial charge on any atom is 0.243 e. The molecule has 2 rings (SSSR count). The molecule has 2 aromatic rings. The van der Waals surface area contributed by atoms with Crippen LogP contribution in [0.5, 0.6) is 0 Å². The van der Waals surface area contributed by atoms with E-state index in [0.29, 0.717) is 12.1 Å². The van der Waals surface area contributed by atoms with Gasteiger partial charge in [-0.1, -0.05) is 31.2 Å². The molecule has 114 valence electrons. The van der Waals surface area contributed by atoms with Gasteiger partial charge in [-0.2, -0.15) is 0 Å². The lowest BCUT2D eigenvalue weighted by Crippen LogP contribution is -2.21. The average Bonchev–Trinajstić information content (AvgIpc) is 2.54. The van der Waals surface area contributed by atoms with Crippen LogP contribution in [-0.2, 0) is 9.59 Å². The van der Waals surface area contributed by atoms with Crippen molar-refractivity contribution in [1.82, 2.24) is 0 Å². The number of hydrogen-bond acceptors (Lipinski definition) is 3. The van der Waals surface area contributed by atoms with Gasteiger partial charge in [0.05, 0.1) is 6.54 Å². The summed E-state index contributed by atoms with van der Waals surface area (Å²) in [6.07, 6.45) is 0.428. The molecule has 0 saturated carbocycles. The molecule has 0 bridgehead atoms. The van der Waals surface area contributed by atoms with E-state index in [-0.39, 0.29) is 18.4 Å². The number of amides is 2. The zero-order chi connectivity index (χ0) is 15.8. The molecule has 0 spiro atoms. The molecule has 5 heteroatoms. The summed E-state index contributed by atoms with van der Waals surface area (Å²) < 4.78 is 0. The molecule has 0 atom stereocenters. The van der Waals surface area contributed by atoms with Crippen molar-refractivity contribution in [2.24, 2.45) is 0 Å². The average molecular weight is 297 g/mol. The highest BCUT2D eigenvalue weighted by atomic mass is 16.2. The molecular weight excluding hydrogens is 278 g/mol. The third kappa shape index (κ3) is 4.94. The van der Waals surface area contributed by atoms with Gasteiger partial charge >= 0.3 is 0 Å². The van der Waals surface area contributed by atoms with Crippen LogP contribution >= 0.6 is 0 Å². The maximum absolute atomic E-state index is 11.9. The van der Waals surface area contributed by atoms with E-state index in [1.807, 2.05) is 48.5 Å². The van der Waals surface area contributed by atoms with E-state index in [9.17, 15) is 9.59 Å². The molecule has 2 amide bonds. The van der Waals surface area contributed by atoms with E-state index in [1.165, 1.54) is 0 Å². The molecule has 0 fully saturated rings. The lowest BCUT2D eigenvalue weighted by molar-refractivity contribution is -0.116. The normalized spacial score (nSPS) is 9.86. The molecule has 5 nitrogen and oxygen atoms in total. The van der Waals surface area contributed by atoms with Crippen LogP contribution in [0.2, 0.25) is 0 Å². The van der Waals surface area contributed by atoms with E-state index in [0.717, 1.165) is 11.4 Å². The largest absolute Gasteiger partial charge is 0.376 e. The van der Waals surface area contributed by atoms with E-state index in [1.54, 1.807) is 13.0 Å². The number of nitrogens with one attached hydrogen (secondary N) is 3. The second-order valence-electron chi connectivity index (χ2n) is 4.75. The standard InChI is InChI=1S/C17H19N3O2/c1-2-16(21)20-15-10-6-9-14(11-15)18-12-17(22)19-13-7-4-3-5-8-13/h3-11,18H,2,12H2,1H3,(H,19,22)(H,20,21). The van der Waals surface area contributed by atoms with Crippen molar-refractivity contribution >= 4 is 28.9 Å². The minimum Gasteiger partial charge on any atom is -0.376 e. The van der Waals surface area contributed by atoms with E-state index in [2.05, 4.69) is 16.0 Å². The van der Waals surface area contributed by atoms with Crippen LogP contribution < -0.4 is 16.0 Å². The number of benzene rings is 2. The summed E-state index contributed by atoms with van der Waals surface area (Å²) in [5.74, 6) is -0.173. The first-order valence-electron chi connectivity index (χ1n) is 7.16. The third-order valence-corrected chi connectivity index (χ3v) is 2.98. The fraction of sp³-hybridized carbons (Fsp3) is 0.176. The Morgan fingerprint density at radius 1 is 0.818 bits per heavy atom. The van der Waals surface area contributed by atoms with Gasteiger partial charge in [-0.3, -0.25) is 9.59 Å². The molecule has 0 aliphatic rings. The molecule has 0 radical (unpaired) electrons. The number of anilines is 3. The van der Waals surface area contributed by atoms with E-state index < -0.39 is 0 Å². The number of para-hydroxylation sites is 1. The first kappa shape index (κ1) is 15.6. The molecule has 0 aliphatic carbocycles. The first-order chi connectivity index (χ1) is 10.7. The molecule has 2 aromatic carbocycles. The van der Waals surface area contributed by atoms with Crippen molar-refractivity contribution in [1.29, 1.82) is 0 Å². The Morgan fingerprint density at radius 3 is 2.18 bits per heavy atom. The molecule has 3 N–H and O–H groups in total.